The summed E-state index contributed by atoms with van der Waals surface area (Å²) < 4.78 is 9.23. The smallest absolute Gasteiger partial charge is 0.228 e. The van der Waals surface area contributed by atoms with Crippen molar-refractivity contribution < 1.29 is 9.30 Å². The lowest BCUT2D eigenvalue weighted by Crippen LogP contribution is -2.32. The molecule has 6 rings (SSSR count). The normalized spacial score (nSPS) is 15.9. The van der Waals surface area contributed by atoms with Crippen molar-refractivity contribution in [3.63, 3.8) is 0 Å². The standard InChI is InChI=1S/C30H32NO/c1-18-22-12-8-9-13-23(22)27(30(2,3)4)29-25(18)28-26-20(14-15-31(28)5)16-21(17-24(26)32-29)19-10-6-7-11-19/h8-9,12-17,19H,6-7,10-11H2,1-5H3/q+1. The molecule has 0 radical (unpaired) electrons. The van der Waals surface area contributed by atoms with Gasteiger partial charge in [0, 0.05) is 11.6 Å². The maximum atomic E-state index is 6.94. The number of benzene rings is 3. The molecule has 0 saturated heterocycles. The van der Waals surface area contributed by atoms with Gasteiger partial charge in [-0.15, -0.1) is 0 Å². The average molecular weight is 423 g/mol. The summed E-state index contributed by atoms with van der Waals surface area (Å²) >= 11 is 0. The van der Waals surface area contributed by atoms with Crippen molar-refractivity contribution in [2.24, 2.45) is 7.05 Å². The van der Waals surface area contributed by atoms with Gasteiger partial charge < -0.3 is 4.74 Å². The molecule has 32 heavy (non-hydrogen) atoms. The SMILES string of the molecule is Cc1c2c(c(C(C)(C)C)c3ccccc13)Oc1cc(C3CCCC3)cc3cc[n+](C)c-2c13. The lowest BCUT2D eigenvalue weighted by atomic mass is 9.78. The summed E-state index contributed by atoms with van der Waals surface area (Å²) in [5.74, 6) is 2.75. The first-order valence-electron chi connectivity index (χ1n) is 12.0. The third-order valence-electron chi connectivity index (χ3n) is 7.68. The molecular formula is C30H32NO+. The molecule has 0 bridgehead atoms. The highest BCUT2D eigenvalue weighted by atomic mass is 16.5. The van der Waals surface area contributed by atoms with Gasteiger partial charge in [0.2, 0.25) is 5.69 Å². The monoisotopic (exact) mass is 422 g/mol. The predicted octanol–water partition coefficient (Wildman–Crippen LogP) is 7.85. The molecule has 1 fully saturated rings. The van der Waals surface area contributed by atoms with E-state index < -0.39 is 0 Å². The minimum Gasteiger partial charge on any atom is -0.455 e. The second-order valence-electron chi connectivity index (χ2n) is 10.8. The molecule has 2 nitrogen and oxygen atoms in total. The van der Waals surface area contributed by atoms with Crippen LogP contribution in [0.25, 0.3) is 32.8 Å². The lowest BCUT2D eigenvalue weighted by Gasteiger charge is -2.30. The third-order valence-corrected chi connectivity index (χ3v) is 7.68. The molecule has 2 aliphatic rings. The van der Waals surface area contributed by atoms with Crippen molar-refractivity contribution in [1.82, 2.24) is 0 Å². The molecule has 0 N–H and O–H groups in total. The summed E-state index contributed by atoms with van der Waals surface area (Å²) in [6.07, 6.45) is 7.50. The van der Waals surface area contributed by atoms with Crippen LogP contribution in [0.1, 0.15) is 69.1 Å². The fourth-order valence-electron chi connectivity index (χ4n) is 6.19. The van der Waals surface area contributed by atoms with Gasteiger partial charge in [-0.2, -0.15) is 0 Å². The fraction of sp³-hybridized carbons (Fsp3) is 0.367. The van der Waals surface area contributed by atoms with Crippen molar-refractivity contribution in [2.45, 2.75) is 64.7 Å². The molecule has 0 spiro atoms. The zero-order chi connectivity index (χ0) is 22.2. The van der Waals surface area contributed by atoms with Crippen molar-refractivity contribution in [3.05, 3.63) is 65.4 Å². The van der Waals surface area contributed by atoms with E-state index in [0.717, 1.165) is 11.5 Å². The average Bonchev–Trinajstić information content (AvgIpc) is 3.29. The van der Waals surface area contributed by atoms with Gasteiger partial charge in [-0.3, -0.25) is 0 Å². The molecule has 2 heterocycles. The van der Waals surface area contributed by atoms with E-state index in [4.69, 9.17) is 4.74 Å². The minimum atomic E-state index is -0.0373. The largest absolute Gasteiger partial charge is 0.455 e. The second kappa shape index (κ2) is 6.81. The second-order valence-corrected chi connectivity index (χ2v) is 10.8. The van der Waals surface area contributed by atoms with Crippen molar-refractivity contribution in [1.29, 1.82) is 0 Å². The highest BCUT2D eigenvalue weighted by Gasteiger charge is 2.36. The zero-order valence-electron chi connectivity index (χ0n) is 19.9. The van der Waals surface area contributed by atoms with Crippen LogP contribution in [-0.2, 0) is 12.5 Å². The number of aryl methyl sites for hydroxylation is 2. The molecule has 1 saturated carbocycles. The number of pyridine rings is 1. The first-order chi connectivity index (χ1) is 15.3. The molecule has 0 atom stereocenters. The van der Waals surface area contributed by atoms with Gasteiger partial charge in [-0.25, -0.2) is 4.57 Å². The Bertz CT molecular complexity index is 1400. The van der Waals surface area contributed by atoms with Crippen LogP contribution in [0, 0.1) is 6.92 Å². The zero-order valence-corrected chi connectivity index (χ0v) is 19.9. The van der Waals surface area contributed by atoms with Gasteiger partial charge in [0.25, 0.3) is 0 Å². The molecular weight excluding hydrogens is 390 g/mol. The quantitative estimate of drug-likeness (QED) is 0.251. The number of fused-ring (bicyclic) bond motifs is 3. The molecule has 2 heteroatoms. The van der Waals surface area contributed by atoms with Crippen LogP contribution in [0.5, 0.6) is 11.5 Å². The van der Waals surface area contributed by atoms with Crippen LogP contribution < -0.4 is 9.30 Å². The Hall–Kier alpha value is -2.87. The van der Waals surface area contributed by atoms with Crippen molar-refractivity contribution in [2.75, 3.05) is 0 Å². The Labute approximate surface area is 190 Å². The van der Waals surface area contributed by atoms with E-state index in [1.807, 2.05) is 0 Å². The van der Waals surface area contributed by atoms with Gasteiger partial charge in [0.05, 0.1) is 10.9 Å². The maximum Gasteiger partial charge on any atom is 0.228 e. The first kappa shape index (κ1) is 19.8. The molecule has 4 aromatic rings. The van der Waals surface area contributed by atoms with Crippen LogP contribution in [0.2, 0.25) is 0 Å². The summed E-state index contributed by atoms with van der Waals surface area (Å²) in [5.41, 5.74) is 6.56. The molecule has 162 valence electrons. The Morgan fingerprint density at radius 1 is 0.969 bits per heavy atom. The Kier molecular flexibility index (Phi) is 4.21. The topological polar surface area (TPSA) is 13.1 Å². The molecule has 0 unspecified atom stereocenters. The fourth-order valence-corrected chi connectivity index (χ4v) is 6.19. The van der Waals surface area contributed by atoms with Gasteiger partial charge in [0.1, 0.15) is 18.5 Å². The number of hydrogen-bond donors (Lipinski definition) is 0. The number of rotatable bonds is 1. The van der Waals surface area contributed by atoms with Gasteiger partial charge in [0.15, 0.2) is 6.20 Å². The maximum absolute atomic E-state index is 6.94. The molecule has 0 amide bonds. The number of hydrogen-bond acceptors (Lipinski definition) is 1. The number of aromatic nitrogens is 1. The molecule has 1 aliphatic carbocycles. The van der Waals surface area contributed by atoms with E-state index in [-0.39, 0.29) is 5.41 Å². The van der Waals surface area contributed by atoms with Crippen LogP contribution in [0.4, 0.5) is 0 Å². The van der Waals surface area contributed by atoms with E-state index >= 15 is 0 Å². The van der Waals surface area contributed by atoms with Crippen LogP contribution >= 0.6 is 0 Å². The molecule has 1 aromatic heterocycles. The Balaban J connectivity index is 1.75. The Morgan fingerprint density at radius 2 is 1.69 bits per heavy atom. The summed E-state index contributed by atoms with van der Waals surface area (Å²) in [7, 11) is 2.17. The number of ether oxygens (including phenoxy) is 1. The molecule has 3 aromatic carbocycles. The van der Waals surface area contributed by atoms with E-state index in [9.17, 15) is 0 Å². The third kappa shape index (κ3) is 2.75. The van der Waals surface area contributed by atoms with E-state index in [0.29, 0.717) is 5.92 Å². The van der Waals surface area contributed by atoms with E-state index in [1.54, 1.807) is 0 Å². The van der Waals surface area contributed by atoms with Crippen molar-refractivity contribution in [3.8, 4) is 22.8 Å². The summed E-state index contributed by atoms with van der Waals surface area (Å²) in [6.45, 7) is 9.17. The first-order valence-corrected chi connectivity index (χ1v) is 12.0. The predicted molar refractivity (Wildman–Crippen MR) is 133 cm³/mol. The summed E-state index contributed by atoms with van der Waals surface area (Å²) in [5, 5.41) is 5.18. The Morgan fingerprint density at radius 3 is 2.41 bits per heavy atom. The van der Waals surface area contributed by atoms with Crippen LogP contribution in [-0.4, -0.2) is 0 Å². The van der Waals surface area contributed by atoms with Gasteiger partial charge in [-0.05, 0) is 64.5 Å². The highest BCUT2D eigenvalue weighted by Crippen LogP contribution is 2.53. The van der Waals surface area contributed by atoms with Crippen LogP contribution in [0.3, 0.4) is 0 Å². The van der Waals surface area contributed by atoms with E-state index in [1.165, 1.54) is 75.2 Å². The summed E-state index contributed by atoms with van der Waals surface area (Å²) in [6, 6.07) is 15.9. The molecule has 1 aliphatic heterocycles. The lowest BCUT2D eigenvalue weighted by molar-refractivity contribution is -0.659. The van der Waals surface area contributed by atoms with Crippen molar-refractivity contribution >= 4 is 21.5 Å². The van der Waals surface area contributed by atoms with E-state index in [2.05, 4.69) is 88.0 Å². The number of nitrogens with zero attached hydrogens (tertiary/aromatic N) is 1. The highest BCUT2D eigenvalue weighted by molar-refractivity contribution is 6.07. The minimum absolute atomic E-state index is 0.0373. The summed E-state index contributed by atoms with van der Waals surface area (Å²) in [4.78, 5) is 0. The van der Waals surface area contributed by atoms with Crippen LogP contribution in [0.15, 0.2) is 48.7 Å². The van der Waals surface area contributed by atoms with Gasteiger partial charge in [-0.1, -0.05) is 63.9 Å². The van der Waals surface area contributed by atoms with Gasteiger partial charge >= 0.3 is 0 Å².